The second kappa shape index (κ2) is 8.25. The standard InChI is InChI=1S/C17H21Cl2N3O3/c18-14-4-3-13(8-15(14)19)25-11-17(24)21-6-1-2-12(10-21)22-7-5-20-9-16(22)23/h3-4,8,12,20H,1-2,5-7,9-11H2. The first-order chi connectivity index (χ1) is 12.0. The van der Waals surface area contributed by atoms with E-state index in [1.165, 1.54) is 0 Å². The third-order valence-corrected chi connectivity index (χ3v) is 5.31. The highest BCUT2D eigenvalue weighted by atomic mass is 35.5. The number of nitrogens with zero attached hydrogens (tertiary/aromatic N) is 2. The minimum Gasteiger partial charge on any atom is -0.484 e. The van der Waals surface area contributed by atoms with Crippen molar-refractivity contribution >= 4 is 35.0 Å². The van der Waals surface area contributed by atoms with E-state index in [4.69, 9.17) is 27.9 Å². The summed E-state index contributed by atoms with van der Waals surface area (Å²) in [4.78, 5) is 28.2. The highest BCUT2D eigenvalue weighted by molar-refractivity contribution is 6.42. The van der Waals surface area contributed by atoms with E-state index in [-0.39, 0.29) is 24.5 Å². The van der Waals surface area contributed by atoms with Gasteiger partial charge in [0.1, 0.15) is 5.75 Å². The van der Waals surface area contributed by atoms with Crippen molar-refractivity contribution in [2.24, 2.45) is 0 Å². The van der Waals surface area contributed by atoms with Crippen molar-refractivity contribution in [3.05, 3.63) is 28.2 Å². The van der Waals surface area contributed by atoms with Gasteiger partial charge in [0.15, 0.2) is 6.61 Å². The Morgan fingerprint density at radius 2 is 2.12 bits per heavy atom. The number of nitrogens with one attached hydrogen (secondary N) is 1. The van der Waals surface area contributed by atoms with Crippen LogP contribution in [-0.2, 0) is 9.59 Å². The Bertz CT molecular complexity index is 656. The van der Waals surface area contributed by atoms with Gasteiger partial charge >= 0.3 is 0 Å². The lowest BCUT2D eigenvalue weighted by molar-refractivity contribution is -0.141. The number of rotatable bonds is 4. The van der Waals surface area contributed by atoms with Crippen molar-refractivity contribution in [2.45, 2.75) is 18.9 Å². The normalized spacial score (nSPS) is 21.4. The number of piperazine rings is 1. The molecule has 0 bridgehead atoms. The van der Waals surface area contributed by atoms with Gasteiger partial charge in [0.25, 0.3) is 5.91 Å². The Kier molecular flexibility index (Phi) is 6.04. The average molecular weight is 386 g/mol. The van der Waals surface area contributed by atoms with Gasteiger partial charge in [-0.25, -0.2) is 0 Å². The zero-order valence-corrected chi connectivity index (χ0v) is 15.4. The molecule has 25 heavy (non-hydrogen) atoms. The molecule has 1 N–H and O–H groups in total. The molecular formula is C17H21Cl2N3O3. The Balaban J connectivity index is 1.54. The van der Waals surface area contributed by atoms with E-state index < -0.39 is 0 Å². The van der Waals surface area contributed by atoms with Crippen molar-refractivity contribution in [3.8, 4) is 5.75 Å². The molecule has 1 aromatic rings. The van der Waals surface area contributed by atoms with Crippen molar-refractivity contribution < 1.29 is 14.3 Å². The van der Waals surface area contributed by atoms with E-state index in [0.717, 1.165) is 19.4 Å². The number of hydrogen-bond donors (Lipinski definition) is 1. The fourth-order valence-corrected chi connectivity index (χ4v) is 3.53. The molecule has 2 amide bonds. The molecule has 2 heterocycles. The average Bonchev–Trinajstić information content (AvgIpc) is 2.63. The molecule has 2 aliphatic heterocycles. The molecule has 0 aromatic heterocycles. The molecule has 0 radical (unpaired) electrons. The van der Waals surface area contributed by atoms with Crippen LogP contribution in [0.1, 0.15) is 12.8 Å². The van der Waals surface area contributed by atoms with Crippen LogP contribution in [0.2, 0.25) is 10.0 Å². The number of likely N-dealkylation sites (tertiary alicyclic amines) is 1. The Morgan fingerprint density at radius 1 is 1.28 bits per heavy atom. The van der Waals surface area contributed by atoms with Crippen molar-refractivity contribution in [1.29, 1.82) is 0 Å². The maximum atomic E-state index is 12.5. The van der Waals surface area contributed by atoms with Gasteiger partial charge in [0, 0.05) is 38.3 Å². The van der Waals surface area contributed by atoms with Crippen LogP contribution in [0.15, 0.2) is 18.2 Å². The van der Waals surface area contributed by atoms with Gasteiger partial charge in [-0.3, -0.25) is 9.59 Å². The van der Waals surface area contributed by atoms with Crippen LogP contribution < -0.4 is 10.1 Å². The van der Waals surface area contributed by atoms with E-state index in [0.29, 0.717) is 42.0 Å². The molecule has 2 fully saturated rings. The van der Waals surface area contributed by atoms with Gasteiger partial charge < -0.3 is 19.9 Å². The Morgan fingerprint density at radius 3 is 2.88 bits per heavy atom. The molecule has 6 nitrogen and oxygen atoms in total. The summed E-state index contributed by atoms with van der Waals surface area (Å²) in [6, 6.07) is 5.00. The topological polar surface area (TPSA) is 61.9 Å². The molecule has 1 aromatic carbocycles. The summed E-state index contributed by atoms with van der Waals surface area (Å²) in [6.07, 6.45) is 1.82. The zero-order valence-electron chi connectivity index (χ0n) is 13.8. The van der Waals surface area contributed by atoms with Crippen LogP contribution in [0.5, 0.6) is 5.75 Å². The molecule has 0 saturated carbocycles. The van der Waals surface area contributed by atoms with E-state index in [9.17, 15) is 9.59 Å². The van der Waals surface area contributed by atoms with Crippen molar-refractivity contribution in [3.63, 3.8) is 0 Å². The largest absolute Gasteiger partial charge is 0.484 e. The third kappa shape index (κ3) is 4.57. The SMILES string of the molecule is O=C(COc1ccc(Cl)c(Cl)c1)N1CCCC(N2CCNCC2=O)C1. The Labute approximate surface area is 157 Å². The summed E-state index contributed by atoms with van der Waals surface area (Å²) < 4.78 is 5.53. The smallest absolute Gasteiger partial charge is 0.260 e. The second-order valence-corrected chi connectivity index (χ2v) is 7.08. The predicted octanol–water partition coefficient (Wildman–Crippen LogP) is 1.79. The summed E-state index contributed by atoms with van der Waals surface area (Å²) >= 11 is 11.8. The highest BCUT2D eigenvalue weighted by Gasteiger charge is 2.31. The van der Waals surface area contributed by atoms with Gasteiger partial charge in [0.05, 0.1) is 16.6 Å². The van der Waals surface area contributed by atoms with Crippen molar-refractivity contribution in [2.75, 3.05) is 39.3 Å². The number of amides is 2. The lowest BCUT2D eigenvalue weighted by Crippen LogP contribution is -2.57. The van der Waals surface area contributed by atoms with Crippen LogP contribution in [0.4, 0.5) is 0 Å². The van der Waals surface area contributed by atoms with Gasteiger partial charge in [-0.2, -0.15) is 0 Å². The zero-order chi connectivity index (χ0) is 17.8. The second-order valence-electron chi connectivity index (χ2n) is 6.26. The summed E-state index contributed by atoms with van der Waals surface area (Å²) in [6.45, 7) is 3.09. The molecule has 2 aliphatic rings. The van der Waals surface area contributed by atoms with Gasteiger partial charge in [0.2, 0.25) is 5.91 Å². The number of hydrogen-bond acceptors (Lipinski definition) is 4. The number of halogens is 2. The molecule has 3 rings (SSSR count). The van der Waals surface area contributed by atoms with Gasteiger partial charge in [-0.1, -0.05) is 23.2 Å². The monoisotopic (exact) mass is 385 g/mol. The quantitative estimate of drug-likeness (QED) is 0.857. The van der Waals surface area contributed by atoms with E-state index in [2.05, 4.69) is 5.32 Å². The number of ether oxygens (including phenoxy) is 1. The van der Waals surface area contributed by atoms with Crippen LogP contribution in [0, 0.1) is 0 Å². The molecule has 0 aliphatic carbocycles. The molecule has 2 saturated heterocycles. The minimum atomic E-state index is -0.0849. The van der Waals surface area contributed by atoms with Gasteiger partial charge in [-0.15, -0.1) is 0 Å². The Hall–Kier alpha value is -1.50. The fraction of sp³-hybridized carbons (Fsp3) is 0.529. The summed E-state index contributed by atoms with van der Waals surface area (Å²) in [5.74, 6) is 0.532. The highest BCUT2D eigenvalue weighted by Crippen LogP contribution is 2.26. The fourth-order valence-electron chi connectivity index (χ4n) is 3.25. The van der Waals surface area contributed by atoms with Crippen LogP contribution in [0.3, 0.4) is 0 Å². The number of piperidine rings is 1. The summed E-state index contributed by atoms with van der Waals surface area (Å²) in [5.41, 5.74) is 0. The molecule has 0 spiro atoms. The van der Waals surface area contributed by atoms with Gasteiger partial charge in [-0.05, 0) is 25.0 Å². The van der Waals surface area contributed by atoms with E-state index in [1.807, 2.05) is 4.90 Å². The number of carbonyl (C=O) groups is 2. The first-order valence-corrected chi connectivity index (χ1v) is 9.16. The van der Waals surface area contributed by atoms with Crippen LogP contribution in [0.25, 0.3) is 0 Å². The molecule has 8 heteroatoms. The lowest BCUT2D eigenvalue weighted by atomic mass is 10.0. The predicted molar refractivity (Wildman–Crippen MR) is 96.1 cm³/mol. The number of benzene rings is 1. The molecule has 1 unspecified atom stereocenters. The number of carbonyl (C=O) groups excluding carboxylic acids is 2. The van der Waals surface area contributed by atoms with Crippen LogP contribution >= 0.6 is 23.2 Å². The maximum Gasteiger partial charge on any atom is 0.260 e. The first kappa shape index (κ1) is 18.3. The third-order valence-electron chi connectivity index (χ3n) is 4.57. The molecule has 136 valence electrons. The van der Waals surface area contributed by atoms with E-state index >= 15 is 0 Å². The minimum absolute atomic E-state index is 0.0554. The van der Waals surface area contributed by atoms with E-state index in [1.54, 1.807) is 23.1 Å². The summed E-state index contributed by atoms with van der Waals surface area (Å²) in [5, 5.41) is 3.91. The molecular weight excluding hydrogens is 365 g/mol. The van der Waals surface area contributed by atoms with Crippen LogP contribution in [-0.4, -0.2) is 67.0 Å². The molecule has 1 atom stereocenters. The van der Waals surface area contributed by atoms with Crippen molar-refractivity contribution in [1.82, 2.24) is 15.1 Å². The lowest BCUT2D eigenvalue weighted by Gasteiger charge is -2.41. The maximum absolute atomic E-state index is 12.5. The first-order valence-electron chi connectivity index (χ1n) is 8.40. The summed E-state index contributed by atoms with van der Waals surface area (Å²) in [7, 11) is 0.